The maximum atomic E-state index is 12.0. The van der Waals surface area contributed by atoms with Gasteiger partial charge in [-0.3, -0.25) is 9.59 Å². The Hall–Kier alpha value is -1.57. The molecule has 0 N–H and O–H groups in total. The van der Waals surface area contributed by atoms with E-state index in [-0.39, 0.29) is 17.7 Å². The molecule has 0 aromatic heterocycles. The molecule has 1 aliphatic rings. The molecule has 94 valence electrons. The molecule has 1 aliphatic heterocycles. The summed E-state index contributed by atoms with van der Waals surface area (Å²) < 4.78 is 0. The van der Waals surface area contributed by atoms with Crippen LogP contribution < -0.4 is 0 Å². The predicted octanol–water partition coefficient (Wildman–Crippen LogP) is 0.473. The van der Waals surface area contributed by atoms with Gasteiger partial charge in [0.2, 0.25) is 11.8 Å². The summed E-state index contributed by atoms with van der Waals surface area (Å²) in [6.45, 7) is 7.47. The van der Waals surface area contributed by atoms with E-state index in [9.17, 15) is 9.59 Å². The molecule has 2 amide bonds. The minimum Gasteiger partial charge on any atom is -0.339 e. The third kappa shape index (κ3) is 3.19. The number of hydrogen-bond donors (Lipinski definition) is 0. The lowest BCUT2D eigenvalue weighted by Gasteiger charge is -2.35. The zero-order valence-electron chi connectivity index (χ0n) is 10.6. The van der Waals surface area contributed by atoms with Crippen molar-refractivity contribution in [2.45, 2.75) is 20.8 Å². The highest BCUT2D eigenvalue weighted by molar-refractivity contribution is 5.82. The van der Waals surface area contributed by atoms with Crippen LogP contribution in [-0.2, 0) is 9.59 Å². The van der Waals surface area contributed by atoms with Crippen molar-refractivity contribution < 1.29 is 9.59 Å². The normalized spacial score (nSPS) is 17.8. The van der Waals surface area contributed by atoms with Crippen molar-refractivity contribution >= 4 is 11.8 Å². The van der Waals surface area contributed by atoms with E-state index in [0.29, 0.717) is 26.2 Å². The number of amides is 2. The Morgan fingerprint density at radius 1 is 1.12 bits per heavy atom. The maximum Gasteiger partial charge on any atom is 0.240 e. The molecule has 5 heteroatoms. The van der Waals surface area contributed by atoms with Crippen molar-refractivity contribution in [3.8, 4) is 6.07 Å². The minimum atomic E-state index is -0.570. The van der Waals surface area contributed by atoms with E-state index in [2.05, 4.69) is 6.07 Å². The van der Waals surface area contributed by atoms with Crippen LogP contribution in [0.2, 0.25) is 0 Å². The first-order valence-corrected chi connectivity index (χ1v) is 5.91. The average Bonchev–Trinajstić information content (AvgIpc) is 2.29. The van der Waals surface area contributed by atoms with Crippen molar-refractivity contribution in [2.24, 2.45) is 11.8 Å². The Morgan fingerprint density at radius 2 is 1.59 bits per heavy atom. The van der Waals surface area contributed by atoms with Crippen molar-refractivity contribution in [2.75, 3.05) is 26.2 Å². The molecule has 17 heavy (non-hydrogen) atoms. The lowest BCUT2D eigenvalue weighted by Crippen LogP contribution is -2.51. The first kappa shape index (κ1) is 13.5. The van der Waals surface area contributed by atoms with Gasteiger partial charge in [-0.05, 0) is 5.92 Å². The molecule has 1 rings (SSSR count). The van der Waals surface area contributed by atoms with Gasteiger partial charge in [-0.1, -0.05) is 13.8 Å². The van der Waals surface area contributed by atoms with Gasteiger partial charge in [0.25, 0.3) is 0 Å². The summed E-state index contributed by atoms with van der Waals surface area (Å²) >= 11 is 0. The first-order valence-electron chi connectivity index (χ1n) is 5.91. The van der Waals surface area contributed by atoms with Crippen molar-refractivity contribution in [1.82, 2.24) is 9.80 Å². The summed E-state index contributed by atoms with van der Waals surface area (Å²) in [7, 11) is 0. The van der Waals surface area contributed by atoms with Crippen LogP contribution in [0.5, 0.6) is 0 Å². The highest BCUT2D eigenvalue weighted by Crippen LogP contribution is 2.15. The summed E-state index contributed by atoms with van der Waals surface area (Å²) in [4.78, 5) is 26.6. The summed E-state index contributed by atoms with van der Waals surface area (Å²) in [5.74, 6) is -0.610. The molecule has 1 unspecified atom stereocenters. The third-order valence-electron chi connectivity index (χ3n) is 3.11. The molecule has 5 nitrogen and oxygen atoms in total. The largest absolute Gasteiger partial charge is 0.339 e. The van der Waals surface area contributed by atoms with Gasteiger partial charge in [-0.15, -0.1) is 0 Å². The number of nitrogens with zero attached hydrogens (tertiary/aromatic N) is 3. The van der Waals surface area contributed by atoms with Crippen LogP contribution in [-0.4, -0.2) is 47.8 Å². The molecular weight excluding hydrogens is 218 g/mol. The van der Waals surface area contributed by atoms with Crippen molar-refractivity contribution in [3.63, 3.8) is 0 Å². The third-order valence-corrected chi connectivity index (χ3v) is 3.11. The highest BCUT2D eigenvalue weighted by atomic mass is 16.2. The zero-order valence-corrected chi connectivity index (χ0v) is 10.6. The fourth-order valence-corrected chi connectivity index (χ4v) is 1.93. The van der Waals surface area contributed by atoms with Gasteiger partial charge in [-0.25, -0.2) is 0 Å². The molecule has 0 aromatic carbocycles. The van der Waals surface area contributed by atoms with Crippen LogP contribution in [0.25, 0.3) is 0 Å². The molecule has 0 saturated carbocycles. The lowest BCUT2D eigenvalue weighted by atomic mass is 9.95. The molecule has 0 bridgehead atoms. The van der Waals surface area contributed by atoms with Crippen LogP contribution in [0.3, 0.4) is 0 Å². The average molecular weight is 237 g/mol. The second kappa shape index (κ2) is 5.67. The zero-order chi connectivity index (χ0) is 13.0. The second-order valence-corrected chi connectivity index (χ2v) is 4.68. The Morgan fingerprint density at radius 3 is 1.94 bits per heavy atom. The Balaban J connectivity index is 2.57. The second-order valence-electron chi connectivity index (χ2n) is 4.68. The SMILES string of the molecule is CC(=O)N1CCN(C(=O)C(C#N)C(C)C)CC1. The fraction of sp³-hybridized carbons (Fsp3) is 0.750. The fourth-order valence-electron chi connectivity index (χ4n) is 1.93. The molecular formula is C12H19N3O2. The molecule has 0 radical (unpaired) electrons. The number of piperazine rings is 1. The van der Waals surface area contributed by atoms with E-state index in [0.717, 1.165) is 0 Å². The summed E-state index contributed by atoms with van der Waals surface area (Å²) in [5.41, 5.74) is 0. The minimum absolute atomic E-state index is 0.0262. The molecule has 1 saturated heterocycles. The van der Waals surface area contributed by atoms with Gasteiger partial charge < -0.3 is 9.80 Å². The smallest absolute Gasteiger partial charge is 0.240 e. The Labute approximate surface area is 102 Å². The van der Waals surface area contributed by atoms with Crippen molar-refractivity contribution in [1.29, 1.82) is 5.26 Å². The number of nitriles is 1. The maximum absolute atomic E-state index is 12.0. The highest BCUT2D eigenvalue weighted by Gasteiger charge is 2.29. The monoisotopic (exact) mass is 237 g/mol. The molecule has 1 heterocycles. The van der Waals surface area contributed by atoms with Crippen LogP contribution in [0.1, 0.15) is 20.8 Å². The summed E-state index contributed by atoms with van der Waals surface area (Å²) in [6, 6.07) is 2.06. The number of carbonyl (C=O) groups excluding carboxylic acids is 2. The van der Waals surface area contributed by atoms with E-state index in [1.807, 2.05) is 13.8 Å². The number of carbonyl (C=O) groups is 2. The lowest BCUT2D eigenvalue weighted by molar-refractivity contribution is -0.140. The topological polar surface area (TPSA) is 64.4 Å². The van der Waals surface area contributed by atoms with Crippen molar-refractivity contribution in [3.05, 3.63) is 0 Å². The van der Waals surface area contributed by atoms with Crippen LogP contribution in [0.15, 0.2) is 0 Å². The van der Waals surface area contributed by atoms with E-state index in [4.69, 9.17) is 5.26 Å². The van der Waals surface area contributed by atoms with Crippen LogP contribution >= 0.6 is 0 Å². The summed E-state index contributed by atoms with van der Waals surface area (Å²) in [6.07, 6.45) is 0. The van der Waals surface area contributed by atoms with Gasteiger partial charge >= 0.3 is 0 Å². The first-order chi connectivity index (χ1) is 7.97. The Kier molecular flexibility index (Phi) is 4.50. The molecule has 1 atom stereocenters. The van der Waals surface area contributed by atoms with E-state index >= 15 is 0 Å². The van der Waals surface area contributed by atoms with E-state index < -0.39 is 5.92 Å². The Bertz CT molecular complexity index is 338. The van der Waals surface area contributed by atoms with Gasteiger partial charge in [0.05, 0.1) is 6.07 Å². The number of rotatable bonds is 2. The summed E-state index contributed by atoms with van der Waals surface area (Å²) in [5, 5.41) is 8.98. The number of hydrogen-bond acceptors (Lipinski definition) is 3. The van der Waals surface area contributed by atoms with Crippen LogP contribution in [0.4, 0.5) is 0 Å². The molecule has 0 aliphatic carbocycles. The molecule has 1 fully saturated rings. The van der Waals surface area contributed by atoms with Gasteiger partial charge in [0, 0.05) is 33.1 Å². The van der Waals surface area contributed by atoms with Gasteiger partial charge in [0.1, 0.15) is 5.92 Å². The van der Waals surface area contributed by atoms with Crippen LogP contribution in [0, 0.1) is 23.2 Å². The predicted molar refractivity (Wildman–Crippen MR) is 62.8 cm³/mol. The standard InChI is InChI=1S/C12H19N3O2/c1-9(2)11(8-13)12(17)15-6-4-14(5-7-15)10(3)16/h9,11H,4-7H2,1-3H3. The van der Waals surface area contributed by atoms with E-state index in [1.54, 1.807) is 9.80 Å². The quantitative estimate of drug-likeness (QED) is 0.701. The van der Waals surface area contributed by atoms with E-state index in [1.165, 1.54) is 6.92 Å². The molecule has 0 aromatic rings. The van der Waals surface area contributed by atoms with Gasteiger partial charge in [0.15, 0.2) is 0 Å². The van der Waals surface area contributed by atoms with Gasteiger partial charge in [-0.2, -0.15) is 5.26 Å². The molecule has 0 spiro atoms.